The molecule has 9 aromatic rings. The van der Waals surface area contributed by atoms with Crippen LogP contribution in [-0.2, 0) is 13.1 Å². The van der Waals surface area contributed by atoms with Gasteiger partial charge in [0.1, 0.15) is 46.4 Å². The molecule has 7 nitrogen and oxygen atoms in total. The van der Waals surface area contributed by atoms with Crippen molar-refractivity contribution in [2.45, 2.75) is 13.1 Å². The van der Waals surface area contributed by atoms with Gasteiger partial charge in [0.25, 0.3) is 22.2 Å². The Balaban J connectivity index is 0.00000207. The van der Waals surface area contributed by atoms with Crippen LogP contribution in [0.15, 0.2) is 213 Å². The lowest BCUT2D eigenvalue weighted by atomic mass is 10.1. The number of nitrogens with zero attached hydrogens (tertiary/aromatic N) is 2. The molecule has 0 aliphatic carbocycles. The standard InChI is InChI=1S/C50H40N2O4P2.2BrH.H2O/c53-47-43-35-45-46(50(56)52(49(45)55)32-34-58(40-25-13-4-14-26-40,41-27-15-5-16-28-41)42-29-17-6-18-30-42)36-44(43)48(54)51(47)31-33-57(37-19-7-1-8-20-37,38-21-9-2-10-22-38)39-23-11-3-12-24-39;;;/h1-30,35-36H,31-34H2;2*1H;1H2/q+2;;;/p-2. The Bertz CT molecular complexity index is 2610. The number of aromatic nitrogens is 2. The number of fused-ring (bicyclic) bond motifs is 2. The van der Waals surface area contributed by atoms with E-state index in [2.05, 4.69) is 72.8 Å². The normalized spacial score (nSPS) is 11.4. The SMILES string of the molecule is O.O=c1c2cc3c(=O)n(CC[P+](c4ccccc4)(c4ccccc4)c4ccccc4)c(=O)c3cc2c(=O)n1CC[P+](c1ccccc1)(c1ccccc1)c1ccccc1.[Br-].[Br-]. The van der Waals surface area contributed by atoms with Crippen molar-refractivity contribution in [1.82, 2.24) is 9.13 Å². The third-order valence-corrected chi connectivity index (χ3v) is 20.4. The first-order valence-electron chi connectivity index (χ1n) is 19.4. The highest BCUT2D eigenvalue weighted by Gasteiger charge is 2.46. The molecule has 2 heterocycles. The molecule has 7 aromatic carbocycles. The summed E-state index contributed by atoms with van der Waals surface area (Å²) in [5.74, 6) is 0. The van der Waals surface area contributed by atoms with Crippen LogP contribution < -0.4 is 88.0 Å². The summed E-state index contributed by atoms with van der Waals surface area (Å²) in [5.41, 5.74) is -1.79. The van der Waals surface area contributed by atoms with Gasteiger partial charge in [-0.3, -0.25) is 28.3 Å². The van der Waals surface area contributed by atoms with Crippen molar-refractivity contribution in [2.24, 2.45) is 0 Å². The molecule has 0 unspecified atom stereocenters. The Morgan fingerprint density at radius 2 is 0.492 bits per heavy atom. The Hall–Kier alpha value is -5.40. The summed E-state index contributed by atoms with van der Waals surface area (Å²) in [6.45, 7) is 0.337. The van der Waals surface area contributed by atoms with Gasteiger partial charge in [-0.1, -0.05) is 109 Å². The van der Waals surface area contributed by atoms with Crippen LogP contribution in [-0.4, -0.2) is 26.9 Å². The summed E-state index contributed by atoms with van der Waals surface area (Å²) in [6.07, 6.45) is 1.05. The maximum atomic E-state index is 14.2. The van der Waals surface area contributed by atoms with Crippen molar-refractivity contribution in [2.75, 3.05) is 12.3 Å². The Kier molecular flexibility index (Phi) is 14.1. The number of halogens is 2. The van der Waals surface area contributed by atoms with Crippen LogP contribution in [0, 0.1) is 0 Å². The largest absolute Gasteiger partial charge is 1.00 e. The van der Waals surface area contributed by atoms with Gasteiger partial charge in [-0.05, 0) is 84.9 Å². The number of rotatable bonds is 12. The number of benzene rings is 7. The number of hydrogen-bond donors (Lipinski definition) is 0. The predicted octanol–water partition coefficient (Wildman–Crippen LogP) is -0.916. The van der Waals surface area contributed by atoms with E-state index in [0.29, 0.717) is 12.3 Å². The van der Waals surface area contributed by atoms with Gasteiger partial charge in [0.05, 0.1) is 47.0 Å². The smallest absolute Gasteiger partial charge is 0.261 e. The minimum atomic E-state index is -2.34. The van der Waals surface area contributed by atoms with Crippen molar-refractivity contribution in [3.8, 4) is 0 Å². The molecule has 0 bridgehead atoms. The van der Waals surface area contributed by atoms with Gasteiger partial charge in [-0.15, -0.1) is 0 Å². The van der Waals surface area contributed by atoms with E-state index >= 15 is 0 Å². The quantitative estimate of drug-likeness (QED) is 0.148. The highest BCUT2D eigenvalue weighted by atomic mass is 79.9. The van der Waals surface area contributed by atoms with Crippen molar-refractivity contribution < 1.29 is 39.4 Å². The third-order valence-electron chi connectivity index (χ3n) is 11.6. The molecule has 306 valence electrons. The van der Waals surface area contributed by atoms with E-state index in [-0.39, 0.29) is 74.1 Å². The van der Waals surface area contributed by atoms with Gasteiger partial charge in [0.15, 0.2) is 0 Å². The second kappa shape index (κ2) is 19.1. The lowest BCUT2D eigenvalue weighted by molar-refractivity contribution is -0.001000. The molecule has 0 aliphatic heterocycles. The highest BCUT2D eigenvalue weighted by Crippen LogP contribution is 2.56. The molecular formula is C50H42Br2N2O5P2. The van der Waals surface area contributed by atoms with Crippen molar-refractivity contribution in [3.05, 3.63) is 236 Å². The molecule has 2 aromatic heterocycles. The summed E-state index contributed by atoms with van der Waals surface area (Å²) in [7, 11) is -4.69. The molecule has 0 atom stereocenters. The van der Waals surface area contributed by atoms with Gasteiger partial charge >= 0.3 is 0 Å². The van der Waals surface area contributed by atoms with E-state index in [1.165, 1.54) is 21.3 Å². The molecule has 61 heavy (non-hydrogen) atoms. The van der Waals surface area contributed by atoms with Gasteiger partial charge in [-0.2, -0.15) is 0 Å². The van der Waals surface area contributed by atoms with Crippen LogP contribution in [0.3, 0.4) is 0 Å². The summed E-state index contributed by atoms with van der Waals surface area (Å²) >= 11 is 0. The monoisotopic (exact) mass is 970 g/mol. The number of hydrogen-bond acceptors (Lipinski definition) is 4. The third kappa shape index (κ3) is 7.86. The summed E-state index contributed by atoms with van der Waals surface area (Å²) < 4.78 is 2.60. The molecule has 0 fully saturated rings. The van der Waals surface area contributed by atoms with E-state index in [9.17, 15) is 19.2 Å². The fourth-order valence-electron chi connectivity index (χ4n) is 8.74. The topological polar surface area (TPSA) is 110 Å². The molecule has 0 radical (unpaired) electrons. The molecule has 9 rings (SSSR count). The summed E-state index contributed by atoms with van der Waals surface area (Å²) in [6, 6.07) is 64.9. The zero-order chi connectivity index (χ0) is 39.7. The van der Waals surface area contributed by atoms with E-state index in [4.69, 9.17) is 0 Å². The van der Waals surface area contributed by atoms with Gasteiger partial charge in [0, 0.05) is 0 Å². The van der Waals surface area contributed by atoms with E-state index < -0.39 is 36.8 Å². The van der Waals surface area contributed by atoms with Crippen molar-refractivity contribution >= 4 is 67.9 Å². The van der Waals surface area contributed by atoms with Crippen molar-refractivity contribution in [3.63, 3.8) is 0 Å². The molecule has 0 saturated heterocycles. The molecule has 2 N–H and O–H groups in total. The van der Waals surface area contributed by atoms with Gasteiger partial charge in [-0.25, -0.2) is 0 Å². The van der Waals surface area contributed by atoms with Crippen molar-refractivity contribution in [1.29, 1.82) is 0 Å². The first-order valence-corrected chi connectivity index (χ1v) is 23.4. The highest BCUT2D eigenvalue weighted by molar-refractivity contribution is 7.96. The lowest BCUT2D eigenvalue weighted by Gasteiger charge is -2.27. The summed E-state index contributed by atoms with van der Waals surface area (Å²) in [4.78, 5) is 57.0. The zero-order valence-electron chi connectivity index (χ0n) is 33.0. The van der Waals surface area contributed by atoms with Crippen LogP contribution in [0.2, 0.25) is 0 Å². The second-order valence-corrected chi connectivity index (χ2v) is 21.8. The van der Waals surface area contributed by atoms with Crippen LogP contribution in [0.4, 0.5) is 0 Å². The van der Waals surface area contributed by atoms with Crippen LogP contribution in [0.1, 0.15) is 0 Å². The molecular weight excluding hydrogens is 930 g/mol. The van der Waals surface area contributed by atoms with Crippen LogP contribution in [0.5, 0.6) is 0 Å². The Morgan fingerprint density at radius 3 is 0.672 bits per heavy atom. The summed E-state index contributed by atoms with van der Waals surface area (Å²) in [5, 5.41) is 7.55. The fraction of sp³-hybridized carbons (Fsp3) is 0.0800. The molecule has 0 spiro atoms. The zero-order valence-corrected chi connectivity index (χ0v) is 37.9. The minimum Gasteiger partial charge on any atom is -1.00 e. The average molecular weight is 973 g/mol. The van der Waals surface area contributed by atoms with Crippen LogP contribution >= 0.6 is 14.5 Å². The predicted molar refractivity (Wildman–Crippen MR) is 249 cm³/mol. The average Bonchev–Trinajstić information content (AvgIpc) is 3.67. The minimum absolute atomic E-state index is 0. The maximum absolute atomic E-state index is 14.2. The van der Waals surface area contributed by atoms with Gasteiger partial charge < -0.3 is 39.4 Å². The molecule has 0 saturated carbocycles. The van der Waals surface area contributed by atoms with E-state index in [0.717, 1.165) is 31.8 Å². The Labute approximate surface area is 375 Å². The molecule has 11 heteroatoms. The maximum Gasteiger partial charge on any atom is 0.261 e. The Morgan fingerprint density at radius 1 is 0.311 bits per heavy atom. The first-order chi connectivity index (χ1) is 28.4. The fourth-order valence-corrected chi connectivity index (χ4v) is 17.2. The second-order valence-electron chi connectivity index (χ2n) is 14.5. The van der Waals surface area contributed by atoms with E-state index in [1.807, 2.05) is 109 Å². The molecule has 0 amide bonds. The molecule has 0 aliphatic rings. The van der Waals surface area contributed by atoms with E-state index in [1.54, 1.807) is 0 Å². The van der Waals surface area contributed by atoms with Gasteiger partial charge in [0.2, 0.25) is 0 Å². The lowest BCUT2D eigenvalue weighted by Crippen LogP contribution is -3.00. The van der Waals surface area contributed by atoms with Crippen LogP contribution in [0.25, 0.3) is 21.5 Å². The first kappa shape index (κ1) is 45.1.